The van der Waals surface area contributed by atoms with E-state index >= 15 is 0 Å². The lowest BCUT2D eigenvalue weighted by molar-refractivity contribution is 0.768. The molecule has 108 valence electrons. The van der Waals surface area contributed by atoms with Crippen molar-refractivity contribution in [1.82, 2.24) is 0 Å². The van der Waals surface area contributed by atoms with Crippen LogP contribution in [-0.2, 0) is 0 Å². The Balaban J connectivity index is 1.99. The second-order valence-electron chi connectivity index (χ2n) is 5.09. The van der Waals surface area contributed by atoms with E-state index in [1.807, 2.05) is 23.1 Å². The summed E-state index contributed by atoms with van der Waals surface area (Å²) in [5.74, 6) is 0.537. The van der Waals surface area contributed by atoms with Crippen LogP contribution in [0.4, 0.5) is 5.69 Å². The third-order valence-electron chi connectivity index (χ3n) is 3.63. The highest BCUT2D eigenvalue weighted by Crippen LogP contribution is 2.34. The van der Waals surface area contributed by atoms with Crippen LogP contribution in [0.15, 0.2) is 51.9 Å². The molecule has 2 N–H and O–H groups in total. The molecule has 1 unspecified atom stereocenters. The van der Waals surface area contributed by atoms with E-state index in [0.29, 0.717) is 17.5 Å². The maximum absolute atomic E-state index is 6.08. The summed E-state index contributed by atoms with van der Waals surface area (Å²) in [5, 5.41) is 0.681. The van der Waals surface area contributed by atoms with E-state index in [2.05, 4.69) is 52.1 Å². The second-order valence-corrected chi connectivity index (χ2v) is 6.36. The van der Waals surface area contributed by atoms with E-state index in [1.165, 1.54) is 11.1 Å². The number of nitrogens with two attached hydrogens (primary N) is 1. The van der Waals surface area contributed by atoms with Crippen molar-refractivity contribution in [3.63, 3.8) is 0 Å². The maximum atomic E-state index is 6.08. The Morgan fingerprint density at radius 3 is 2.62 bits per heavy atom. The van der Waals surface area contributed by atoms with Crippen molar-refractivity contribution in [2.24, 2.45) is 10.7 Å². The molecule has 0 aromatic heterocycles. The summed E-state index contributed by atoms with van der Waals surface area (Å²) in [6.45, 7) is 2.74. The SMILES string of the molecule is Cc1ccc(C2CN=C(N)N2c2ccc(Cl)c(Br)c2)cc1. The lowest BCUT2D eigenvalue weighted by Crippen LogP contribution is -2.36. The fourth-order valence-electron chi connectivity index (χ4n) is 2.49. The number of guanidine groups is 1. The summed E-state index contributed by atoms with van der Waals surface area (Å²) < 4.78 is 0.851. The fourth-order valence-corrected chi connectivity index (χ4v) is 2.97. The Labute approximate surface area is 137 Å². The zero-order valence-electron chi connectivity index (χ0n) is 11.6. The molecule has 0 bridgehead atoms. The Kier molecular flexibility index (Phi) is 3.91. The topological polar surface area (TPSA) is 41.6 Å². The molecule has 0 saturated heterocycles. The summed E-state index contributed by atoms with van der Waals surface area (Å²) in [6, 6.07) is 14.4. The lowest BCUT2D eigenvalue weighted by atomic mass is 10.0. The average Bonchev–Trinajstić information content (AvgIpc) is 2.85. The van der Waals surface area contributed by atoms with Gasteiger partial charge in [-0.25, -0.2) is 0 Å². The van der Waals surface area contributed by atoms with Crippen molar-refractivity contribution in [3.8, 4) is 0 Å². The highest BCUT2D eigenvalue weighted by molar-refractivity contribution is 9.10. The zero-order valence-corrected chi connectivity index (χ0v) is 13.9. The molecular formula is C16H15BrClN3. The van der Waals surface area contributed by atoms with Crippen LogP contribution >= 0.6 is 27.5 Å². The molecule has 3 nitrogen and oxygen atoms in total. The highest BCUT2D eigenvalue weighted by Gasteiger charge is 2.29. The third kappa shape index (κ3) is 2.78. The number of aryl methyl sites for hydroxylation is 1. The fraction of sp³-hybridized carbons (Fsp3) is 0.188. The van der Waals surface area contributed by atoms with Gasteiger partial charge in [0, 0.05) is 10.2 Å². The molecule has 3 rings (SSSR count). The van der Waals surface area contributed by atoms with Crippen LogP contribution in [0, 0.1) is 6.92 Å². The van der Waals surface area contributed by atoms with E-state index < -0.39 is 0 Å². The van der Waals surface area contributed by atoms with Crippen molar-refractivity contribution in [1.29, 1.82) is 0 Å². The minimum absolute atomic E-state index is 0.124. The molecule has 1 aliphatic rings. The van der Waals surface area contributed by atoms with Crippen LogP contribution in [0.2, 0.25) is 5.02 Å². The third-order valence-corrected chi connectivity index (χ3v) is 4.84. The van der Waals surface area contributed by atoms with Gasteiger partial charge in [0.2, 0.25) is 0 Å². The number of hydrogen-bond acceptors (Lipinski definition) is 3. The van der Waals surface area contributed by atoms with Gasteiger partial charge in [-0.15, -0.1) is 0 Å². The Morgan fingerprint density at radius 1 is 1.24 bits per heavy atom. The summed E-state index contributed by atoms with van der Waals surface area (Å²) >= 11 is 9.53. The summed E-state index contributed by atoms with van der Waals surface area (Å²) in [5.41, 5.74) is 9.51. The van der Waals surface area contributed by atoms with E-state index in [0.717, 1.165) is 10.2 Å². The van der Waals surface area contributed by atoms with Crippen LogP contribution in [0.1, 0.15) is 17.2 Å². The van der Waals surface area contributed by atoms with E-state index in [-0.39, 0.29) is 6.04 Å². The molecule has 1 aliphatic heterocycles. The predicted molar refractivity (Wildman–Crippen MR) is 92.0 cm³/mol. The molecule has 2 aromatic carbocycles. The molecular weight excluding hydrogens is 350 g/mol. The summed E-state index contributed by atoms with van der Waals surface area (Å²) in [6.07, 6.45) is 0. The second kappa shape index (κ2) is 5.70. The number of benzene rings is 2. The van der Waals surface area contributed by atoms with E-state index in [9.17, 15) is 0 Å². The van der Waals surface area contributed by atoms with Crippen molar-refractivity contribution in [2.75, 3.05) is 11.4 Å². The molecule has 0 radical (unpaired) electrons. The van der Waals surface area contributed by atoms with Gasteiger partial charge in [0.1, 0.15) is 0 Å². The van der Waals surface area contributed by atoms with Gasteiger partial charge in [0.15, 0.2) is 5.96 Å². The first-order valence-electron chi connectivity index (χ1n) is 6.67. The number of hydrogen-bond donors (Lipinski definition) is 1. The number of halogens is 2. The average molecular weight is 365 g/mol. The Morgan fingerprint density at radius 2 is 1.95 bits per heavy atom. The quantitative estimate of drug-likeness (QED) is 0.864. The van der Waals surface area contributed by atoms with Gasteiger partial charge in [0.25, 0.3) is 0 Å². The standard InChI is InChI=1S/C16H15BrClN3/c1-10-2-4-11(5-3-10)15-9-20-16(19)21(15)12-6-7-14(18)13(17)8-12/h2-8,15H,9H2,1H3,(H2,19,20). The van der Waals surface area contributed by atoms with Gasteiger partial charge in [-0.05, 0) is 46.6 Å². The Hall–Kier alpha value is -1.52. The number of aliphatic imine (C=N–C) groups is 1. The van der Waals surface area contributed by atoms with Crippen molar-refractivity contribution >= 4 is 39.2 Å². The molecule has 0 spiro atoms. The molecule has 1 atom stereocenters. The van der Waals surface area contributed by atoms with Crippen LogP contribution in [0.5, 0.6) is 0 Å². The van der Waals surface area contributed by atoms with Gasteiger partial charge >= 0.3 is 0 Å². The zero-order chi connectivity index (χ0) is 15.0. The van der Waals surface area contributed by atoms with E-state index in [1.54, 1.807) is 0 Å². The first kappa shape index (κ1) is 14.4. The first-order chi connectivity index (χ1) is 10.1. The smallest absolute Gasteiger partial charge is 0.196 e. The van der Waals surface area contributed by atoms with Crippen molar-refractivity contribution in [2.45, 2.75) is 13.0 Å². The molecule has 5 heteroatoms. The lowest BCUT2D eigenvalue weighted by Gasteiger charge is -2.27. The minimum Gasteiger partial charge on any atom is -0.369 e. The molecule has 0 fully saturated rings. The normalized spacial score (nSPS) is 18.0. The van der Waals surface area contributed by atoms with Crippen molar-refractivity contribution < 1.29 is 0 Å². The first-order valence-corrected chi connectivity index (χ1v) is 7.84. The largest absolute Gasteiger partial charge is 0.369 e. The van der Waals surface area contributed by atoms with Crippen LogP contribution in [-0.4, -0.2) is 12.5 Å². The van der Waals surface area contributed by atoms with Crippen LogP contribution in [0.25, 0.3) is 0 Å². The van der Waals surface area contributed by atoms with Gasteiger partial charge in [-0.2, -0.15) is 0 Å². The van der Waals surface area contributed by atoms with Crippen LogP contribution < -0.4 is 10.6 Å². The summed E-state index contributed by atoms with van der Waals surface area (Å²) in [4.78, 5) is 6.45. The molecule has 1 heterocycles. The monoisotopic (exact) mass is 363 g/mol. The Bertz CT molecular complexity index is 697. The van der Waals surface area contributed by atoms with Crippen molar-refractivity contribution in [3.05, 3.63) is 63.1 Å². The van der Waals surface area contributed by atoms with Gasteiger partial charge in [-0.3, -0.25) is 4.99 Å². The predicted octanol–water partition coefficient (Wildman–Crippen LogP) is 4.29. The summed E-state index contributed by atoms with van der Waals surface area (Å²) in [7, 11) is 0. The molecule has 0 aliphatic carbocycles. The highest BCUT2D eigenvalue weighted by atomic mass is 79.9. The molecule has 2 aromatic rings. The maximum Gasteiger partial charge on any atom is 0.196 e. The number of rotatable bonds is 2. The van der Waals surface area contributed by atoms with Crippen LogP contribution in [0.3, 0.4) is 0 Å². The minimum atomic E-state index is 0.124. The molecule has 21 heavy (non-hydrogen) atoms. The number of anilines is 1. The molecule has 0 amide bonds. The van der Waals surface area contributed by atoms with Gasteiger partial charge < -0.3 is 10.6 Å². The molecule has 0 saturated carbocycles. The van der Waals surface area contributed by atoms with Gasteiger partial charge in [-0.1, -0.05) is 41.4 Å². The van der Waals surface area contributed by atoms with Gasteiger partial charge in [0.05, 0.1) is 17.6 Å². The van der Waals surface area contributed by atoms with E-state index in [4.69, 9.17) is 17.3 Å². The number of nitrogens with zero attached hydrogens (tertiary/aromatic N) is 2.